The van der Waals surface area contributed by atoms with Crippen LogP contribution in [0.3, 0.4) is 0 Å². The van der Waals surface area contributed by atoms with Crippen molar-refractivity contribution in [2.45, 2.75) is 14.7 Å². The zero-order valence-electron chi connectivity index (χ0n) is 31.7. The van der Waals surface area contributed by atoms with Gasteiger partial charge in [-0.3, -0.25) is 9.11 Å². The normalized spacial score (nSPS) is 11.9. The Labute approximate surface area is 409 Å². The predicted molar refractivity (Wildman–Crippen MR) is 204 cm³/mol. The largest absolute Gasteiger partial charge is 1.00 e. The smallest absolute Gasteiger partial charge is 0.871 e. The first kappa shape index (κ1) is 49.0. The Kier molecular flexibility index (Phi) is 16.0. The summed E-state index contributed by atoms with van der Waals surface area (Å²) in [4.78, 5) is -2.64. The summed E-state index contributed by atoms with van der Waals surface area (Å²) in [6.45, 7) is 0. The topological polar surface area (TPSA) is 274 Å². The van der Waals surface area contributed by atoms with E-state index in [4.69, 9.17) is 0 Å². The fourth-order valence-electron chi connectivity index (χ4n) is 5.86. The maximum atomic E-state index is 13.4. The van der Waals surface area contributed by atoms with E-state index in [2.05, 4.69) is 25.8 Å². The van der Waals surface area contributed by atoms with Crippen LogP contribution in [0.15, 0.2) is 163 Å². The number of hydrogen-bond donors (Lipinski definition) is 3. The van der Waals surface area contributed by atoms with E-state index < -0.39 is 73.3 Å². The summed E-state index contributed by atoms with van der Waals surface area (Å²) in [5, 5.41) is 45.0. The first-order valence-electron chi connectivity index (χ1n) is 16.3. The number of rotatable bonds is 10. The summed E-state index contributed by atoms with van der Waals surface area (Å²) in [5.41, 5.74) is 2.09. The SMILES string of the molecule is O=S(=O)([O-])c1cc(S(=O)(=O)O)c2c(N=Nc3ccc(-c4ccc(N=Nc5c(S(=O)(=O)O)cc6cc(Nc7ccccc7)ccc6c5[O-])cc4)cc3)c([O-])ccc2c1.[Na+].[Na+].[Na+]. The molecule has 3 N–H and O–H groups in total. The third-order valence-corrected chi connectivity index (χ3v) is 11.1. The van der Waals surface area contributed by atoms with Gasteiger partial charge in [0.2, 0.25) is 0 Å². The Hall–Kier alpha value is -3.61. The molecule has 0 fully saturated rings. The molecule has 0 aliphatic rings. The molecule has 0 aliphatic carbocycles. The predicted octanol–water partition coefficient (Wildman–Crippen LogP) is -1.21. The molecule has 0 bridgehead atoms. The van der Waals surface area contributed by atoms with Gasteiger partial charge >= 0.3 is 88.7 Å². The Morgan fingerprint density at radius 3 is 1.60 bits per heavy atom. The molecule has 22 heteroatoms. The van der Waals surface area contributed by atoms with Crippen molar-refractivity contribution in [3.05, 3.63) is 127 Å². The van der Waals surface area contributed by atoms with Crippen molar-refractivity contribution in [1.29, 1.82) is 0 Å². The number of nitrogens with one attached hydrogen (secondary N) is 1. The zero-order valence-corrected chi connectivity index (χ0v) is 40.2. The number of nitrogens with zero attached hydrogens (tertiary/aromatic N) is 4. The molecule has 0 amide bonds. The standard InChI is InChI=1S/C38H27N5O11S3.3Na/c44-32-17-10-24-19-30(55(46,47)48)21-33(56(49,50)51)35(24)36(32)42-40-27-11-6-22(7-12-27)23-8-13-28(14-9-23)41-43-37-34(57(52,53)54)20-25-18-29(15-16-31(25)38(37)45)39-26-4-2-1-3-5-26;;;/h1-21,39,44-45H,(H,46,47,48)(H,49,50,51)(H,52,53,54);;;/q;3*+1/p-3. The molecule has 7 rings (SSSR count). The molecular formula is C38H24N5Na3O11S3. The molecular weight excluding hydrogens is 868 g/mol. The van der Waals surface area contributed by atoms with Crippen molar-refractivity contribution in [3.63, 3.8) is 0 Å². The first-order chi connectivity index (χ1) is 27.0. The number of anilines is 2. The molecule has 0 heterocycles. The Balaban J connectivity index is 0.00000265. The van der Waals surface area contributed by atoms with Gasteiger partial charge in [0, 0.05) is 16.8 Å². The number of benzene rings is 7. The van der Waals surface area contributed by atoms with Crippen molar-refractivity contribution in [2.75, 3.05) is 5.32 Å². The van der Waals surface area contributed by atoms with Gasteiger partial charge in [-0.1, -0.05) is 72.2 Å². The minimum atomic E-state index is -5.13. The molecule has 16 nitrogen and oxygen atoms in total. The van der Waals surface area contributed by atoms with Crippen molar-refractivity contribution in [2.24, 2.45) is 20.5 Å². The maximum absolute atomic E-state index is 13.4. The minimum Gasteiger partial charge on any atom is -0.871 e. The molecule has 0 radical (unpaired) electrons. The van der Waals surface area contributed by atoms with E-state index in [1.807, 2.05) is 30.3 Å². The third-order valence-electron chi connectivity index (χ3n) is 8.53. The van der Waals surface area contributed by atoms with E-state index in [9.17, 15) is 49.1 Å². The van der Waals surface area contributed by atoms with E-state index in [1.54, 1.807) is 48.5 Å². The van der Waals surface area contributed by atoms with Gasteiger partial charge in [-0.15, -0.1) is 5.11 Å². The number of hydrogen-bond acceptors (Lipinski definition) is 14. The van der Waals surface area contributed by atoms with Crippen LogP contribution in [-0.2, 0) is 30.4 Å². The molecule has 288 valence electrons. The van der Waals surface area contributed by atoms with E-state index in [0.29, 0.717) is 22.9 Å². The molecule has 60 heavy (non-hydrogen) atoms. The van der Waals surface area contributed by atoms with Crippen LogP contribution < -0.4 is 104 Å². The molecule has 0 saturated carbocycles. The summed E-state index contributed by atoms with van der Waals surface area (Å²) < 4.78 is 104. The Morgan fingerprint density at radius 2 is 1.07 bits per heavy atom. The third kappa shape index (κ3) is 11.1. The van der Waals surface area contributed by atoms with Gasteiger partial charge in [-0.05, 0) is 94.0 Å². The van der Waals surface area contributed by atoms with Gasteiger partial charge in [0.1, 0.15) is 19.9 Å². The van der Waals surface area contributed by atoms with Crippen LogP contribution >= 0.6 is 0 Å². The van der Waals surface area contributed by atoms with Crippen LogP contribution in [-0.4, -0.2) is 38.9 Å². The second-order valence-corrected chi connectivity index (χ2v) is 16.5. The van der Waals surface area contributed by atoms with Gasteiger partial charge in [0.15, 0.2) is 0 Å². The summed E-state index contributed by atoms with van der Waals surface area (Å²) in [6.07, 6.45) is 0. The summed E-state index contributed by atoms with van der Waals surface area (Å²) in [7, 11) is -15.1. The summed E-state index contributed by atoms with van der Waals surface area (Å²) in [6, 6.07) is 31.3. The molecule has 0 spiro atoms. The molecule has 0 aromatic heterocycles. The molecule has 0 aliphatic heterocycles. The molecule has 0 atom stereocenters. The Morgan fingerprint density at radius 1 is 0.517 bits per heavy atom. The van der Waals surface area contributed by atoms with Gasteiger partial charge < -0.3 is 20.1 Å². The number of fused-ring (bicyclic) bond motifs is 2. The summed E-state index contributed by atoms with van der Waals surface area (Å²) >= 11 is 0. The van der Waals surface area contributed by atoms with Crippen molar-refractivity contribution >= 4 is 86.0 Å². The fraction of sp³-hybridized carbons (Fsp3) is 0. The van der Waals surface area contributed by atoms with Crippen molar-refractivity contribution < 1.29 is 138 Å². The second-order valence-electron chi connectivity index (χ2n) is 12.3. The van der Waals surface area contributed by atoms with E-state index in [0.717, 1.165) is 30.0 Å². The van der Waals surface area contributed by atoms with Gasteiger partial charge in [0.05, 0.1) is 27.6 Å². The average Bonchev–Trinajstić information content (AvgIpc) is 3.16. The molecule has 7 aromatic rings. The molecule has 7 aromatic carbocycles. The van der Waals surface area contributed by atoms with Crippen LogP contribution in [0.1, 0.15) is 0 Å². The zero-order chi connectivity index (χ0) is 40.7. The van der Waals surface area contributed by atoms with Crippen LogP contribution in [0.2, 0.25) is 0 Å². The fourth-order valence-corrected chi connectivity index (χ4v) is 7.87. The van der Waals surface area contributed by atoms with E-state index in [1.165, 1.54) is 18.2 Å². The van der Waals surface area contributed by atoms with Crippen molar-refractivity contribution in [1.82, 2.24) is 0 Å². The van der Waals surface area contributed by atoms with Gasteiger partial charge in [-0.2, -0.15) is 32.2 Å². The molecule has 0 unspecified atom stereocenters. The van der Waals surface area contributed by atoms with Crippen molar-refractivity contribution in [3.8, 4) is 22.6 Å². The monoisotopic (exact) mass is 891 g/mol. The average molecular weight is 892 g/mol. The van der Waals surface area contributed by atoms with Crippen LogP contribution in [0, 0.1) is 0 Å². The second kappa shape index (κ2) is 19.6. The van der Waals surface area contributed by atoms with E-state index in [-0.39, 0.29) is 116 Å². The number of para-hydroxylation sites is 1. The van der Waals surface area contributed by atoms with Crippen LogP contribution in [0.4, 0.5) is 34.1 Å². The summed E-state index contributed by atoms with van der Waals surface area (Å²) in [5.74, 6) is -1.55. The first-order valence-corrected chi connectivity index (χ1v) is 20.6. The maximum Gasteiger partial charge on any atom is 1.00 e. The van der Waals surface area contributed by atoms with Crippen LogP contribution in [0.25, 0.3) is 32.7 Å². The van der Waals surface area contributed by atoms with Gasteiger partial charge in [0.25, 0.3) is 20.2 Å². The number of azo groups is 2. The molecule has 0 saturated heterocycles. The van der Waals surface area contributed by atoms with E-state index >= 15 is 0 Å². The van der Waals surface area contributed by atoms with Gasteiger partial charge in [-0.25, -0.2) is 8.42 Å². The Bertz CT molecular complexity index is 3140. The minimum absolute atomic E-state index is 0. The van der Waals surface area contributed by atoms with Crippen LogP contribution in [0.5, 0.6) is 11.5 Å². The quantitative estimate of drug-likeness (QED) is 0.0830.